The van der Waals surface area contributed by atoms with Gasteiger partial charge in [-0.15, -0.1) is 22.7 Å². The lowest BCUT2D eigenvalue weighted by Gasteiger charge is -2.02. The molecule has 0 saturated heterocycles. The molecule has 0 fully saturated rings. The molecule has 4 aromatic rings. The maximum absolute atomic E-state index is 12.2. The molecular weight excluding hydrogens is 374 g/mol. The fourth-order valence-electron chi connectivity index (χ4n) is 2.62. The zero-order valence-electron chi connectivity index (χ0n) is 14.9. The zero-order valence-corrected chi connectivity index (χ0v) is 16.5. The van der Waals surface area contributed by atoms with Crippen LogP contribution in [0.5, 0.6) is 0 Å². The number of amides is 1. The summed E-state index contributed by atoms with van der Waals surface area (Å²) in [6, 6.07) is 14.2. The van der Waals surface area contributed by atoms with E-state index in [1.54, 1.807) is 17.4 Å². The minimum absolute atomic E-state index is 0.213. The molecule has 0 bridgehead atoms. The molecule has 0 atom stereocenters. The van der Waals surface area contributed by atoms with Gasteiger partial charge in [-0.2, -0.15) is 0 Å². The van der Waals surface area contributed by atoms with Gasteiger partial charge in [0.15, 0.2) is 5.13 Å². The van der Waals surface area contributed by atoms with Crippen molar-refractivity contribution in [1.29, 1.82) is 0 Å². The maximum Gasteiger partial charge on any atom is 0.250 e. The molecule has 2 aromatic heterocycles. The van der Waals surface area contributed by atoms with E-state index in [0.717, 1.165) is 26.5 Å². The van der Waals surface area contributed by atoms with E-state index < -0.39 is 0 Å². The Bertz CT molecular complexity index is 1120. The first kappa shape index (κ1) is 17.6. The fourth-order valence-corrected chi connectivity index (χ4v) is 4.21. The van der Waals surface area contributed by atoms with E-state index >= 15 is 0 Å². The molecule has 27 heavy (non-hydrogen) atoms. The number of fused-ring (bicyclic) bond motifs is 1. The number of aryl methyl sites for hydroxylation is 2. The van der Waals surface area contributed by atoms with E-state index in [0.29, 0.717) is 5.13 Å². The van der Waals surface area contributed by atoms with Gasteiger partial charge in [0.05, 0.1) is 15.9 Å². The third kappa shape index (κ3) is 3.97. The lowest BCUT2D eigenvalue weighted by molar-refractivity contribution is -0.111. The predicted octanol–water partition coefficient (Wildman–Crippen LogP) is 5.69. The minimum atomic E-state index is -0.213. The second-order valence-corrected chi connectivity index (χ2v) is 8.10. The number of nitrogens with one attached hydrogen (secondary N) is 1. The largest absolute Gasteiger partial charge is 0.298 e. The van der Waals surface area contributed by atoms with Gasteiger partial charge in [-0.05, 0) is 49.2 Å². The topological polar surface area (TPSA) is 54.9 Å². The highest BCUT2D eigenvalue weighted by atomic mass is 32.1. The summed E-state index contributed by atoms with van der Waals surface area (Å²) in [6.45, 7) is 4.17. The van der Waals surface area contributed by atoms with E-state index in [4.69, 9.17) is 0 Å². The van der Waals surface area contributed by atoms with Gasteiger partial charge in [-0.1, -0.05) is 24.3 Å². The molecule has 2 heterocycles. The van der Waals surface area contributed by atoms with Crippen molar-refractivity contribution in [1.82, 2.24) is 9.97 Å². The number of anilines is 1. The van der Waals surface area contributed by atoms with Crippen LogP contribution < -0.4 is 5.32 Å². The van der Waals surface area contributed by atoms with Gasteiger partial charge in [-0.25, -0.2) is 9.97 Å². The van der Waals surface area contributed by atoms with Gasteiger partial charge in [0.25, 0.3) is 0 Å². The van der Waals surface area contributed by atoms with Crippen molar-refractivity contribution < 1.29 is 4.79 Å². The lowest BCUT2D eigenvalue weighted by atomic mass is 10.1. The Hall–Kier alpha value is -2.83. The quantitative estimate of drug-likeness (QED) is 0.455. The number of para-hydroxylation sites is 1. The molecule has 4 rings (SSSR count). The summed E-state index contributed by atoms with van der Waals surface area (Å²) < 4.78 is 1.11. The summed E-state index contributed by atoms with van der Waals surface area (Å²) in [6.07, 6.45) is 3.23. The molecular formula is C21H17N3OS2. The number of thiazole rings is 2. The molecule has 0 aliphatic heterocycles. The Morgan fingerprint density at radius 1 is 1.07 bits per heavy atom. The average molecular weight is 392 g/mol. The van der Waals surface area contributed by atoms with Crippen molar-refractivity contribution in [3.05, 3.63) is 70.1 Å². The van der Waals surface area contributed by atoms with Crippen molar-refractivity contribution in [3.63, 3.8) is 0 Å². The molecule has 0 saturated carbocycles. The third-order valence-electron chi connectivity index (χ3n) is 4.22. The molecule has 2 aromatic carbocycles. The second-order valence-electron chi connectivity index (χ2n) is 6.18. The number of hydrogen-bond acceptors (Lipinski definition) is 5. The van der Waals surface area contributed by atoms with Crippen LogP contribution in [0.15, 0.2) is 53.9 Å². The van der Waals surface area contributed by atoms with Gasteiger partial charge >= 0.3 is 0 Å². The van der Waals surface area contributed by atoms with E-state index in [9.17, 15) is 4.79 Å². The lowest BCUT2D eigenvalue weighted by Crippen LogP contribution is -2.07. The second kappa shape index (κ2) is 7.42. The number of carbonyl (C=O) groups excluding carboxylic acids is 1. The van der Waals surface area contributed by atoms with Crippen LogP contribution in [0.1, 0.15) is 16.1 Å². The zero-order chi connectivity index (χ0) is 18.8. The minimum Gasteiger partial charge on any atom is -0.298 e. The summed E-state index contributed by atoms with van der Waals surface area (Å²) in [5.41, 5.74) is 5.35. The first-order valence-electron chi connectivity index (χ1n) is 8.46. The van der Waals surface area contributed by atoms with Crippen molar-refractivity contribution in [2.24, 2.45) is 0 Å². The van der Waals surface area contributed by atoms with Crippen molar-refractivity contribution in [2.75, 3.05) is 5.32 Å². The fraction of sp³-hybridized carbons (Fsp3) is 0.0952. The van der Waals surface area contributed by atoms with Crippen LogP contribution in [-0.2, 0) is 4.79 Å². The van der Waals surface area contributed by atoms with Gasteiger partial charge in [-0.3, -0.25) is 10.1 Å². The molecule has 1 N–H and O–H groups in total. The van der Waals surface area contributed by atoms with Crippen molar-refractivity contribution in [3.8, 4) is 11.3 Å². The van der Waals surface area contributed by atoms with E-state index in [2.05, 4.69) is 47.3 Å². The number of aromatic nitrogens is 2. The SMILES string of the molecule is Cc1ccc(-c2csc(NC(=O)/C=C/c3nc4ccccc4s3)n2)cc1C. The van der Waals surface area contributed by atoms with Gasteiger partial charge in [0.1, 0.15) is 5.01 Å². The summed E-state index contributed by atoms with van der Waals surface area (Å²) >= 11 is 2.98. The number of nitrogens with zero attached hydrogens (tertiary/aromatic N) is 2. The van der Waals surface area contributed by atoms with Crippen LogP contribution in [0.4, 0.5) is 5.13 Å². The monoisotopic (exact) mass is 391 g/mol. The van der Waals surface area contributed by atoms with E-state index in [1.807, 2.05) is 29.6 Å². The Labute approximate surface area is 165 Å². The van der Waals surface area contributed by atoms with Crippen LogP contribution in [0, 0.1) is 13.8 Å². The number of benzene rings is 2. The predicted molar refractivity (Wildman–Crippen MR) is 114 cm³/mol. The van der Waals surface area contributed by atoms with Crippen LogP contribution in [0.25, 0.3) is 27.6 Å². The Balaban J connectivity index is 1.45. The first-order valence-corrected chi connectivity index (χ1v) is 10.2. The molecule has 134 valence electrons. The van der Waals surface area contributed by atoms with Crippen molar-refractivity contribution in [2.45, 2.75) is 13.8 Å². The van der Waals surface area contributed by atoms with E-state index in [-0.39, 0.29) is 5.91 Å². The van der Waals surface area contributed by atoms with Crippen LogP contribution in [-0.4, -0.2) is 15.9 Å². The number of hydrogen-bond donors (Lipinski definition) is 1. The van der Waals surface area contributed by atoms with Gasteiger partial charge < -0.3 is 0 Å². The molecule has 4 nitrogen and oxygen atoms in total. The Morgan fingerprint density at radius 2 is 1.93 bits per heavy atom. The summed E-state index contributed by atoms with van der Waals surface area (Å²) in [4.78, 5) is 21.2. The highest BCUT2D eigenvalue weighted by Crippen LogP contribution is 2.26. The van der Waals surface area contributed by atoms with Gasteiger partial charge in [0.2, 0.25) is 5.91 Å². The molecule has 0 radical (unpaired) electrons. The van der Waals surface area contributed by atoms with Crippen molar-refractivity contribution >= 4 is 50.0 Å². The average Bonchev–Trinajstić information content (AvgIpc) is 3.28. The first-order chi connectivity index (χ1) is 13.1. The maximum atomic E-state index is 12.2. The molecule has 1 amide bonds. The summed E-state index contributed by atoms with van der Waals surface area (Å²) in [7, 11) is 0. The van der Waals surface area contributed by atoms with E-state index in [1.165, 1.54) is 28.5 Å². The number of carbonyl (C=O) groups is 1. The van der Waals surface area contributed by atoms with Crippen LogP contribution in [0.2, 0.25) is 0 Å². The molecule has 0 aliphatic carbocycles. The highest BCUT2D eigenvalue weighted by Gasteiger charge is 2.08. The Kier molecular flexibility index (Phi) is 4.83. The number of rotatable bonds is 4. The highest BCUT2D eigenvalue weighted by molar-refractivity contribution is 7.19. The smallest absolute Gasteiger partial charge is 0.250 e. The molecule has 0 spiro atoms. The molecule has 0 aliphatic rings. The Morgan fingerprint density at radius 3 is 2.74 bits per heavy atom. The normalized spacial score (nSPS) is 11.3. The molecule has 0 unspecified atom stereocenters. The van der Waals surface area contributed by atoms with Crippen LogP contribution in [0.3, 0.4) is 0 Å². The third-order valence-corrected chi connectivity index (χ3v) is 5.98. The summed E-state index contributed by atoms with van der Waals surface area (Å²) in [5, 5.41) is 6.17. The standard InChI is InChI=1S/C21H17N3OS2/c1-13-7-8-15(11-14(13)2)17-12-26-21(23-17)24-19(25)9-10-20-22-16-5-3-4-6-18(16)27-20/h3-12H,1-2H3,(H,23,24,25)/b10-9+. The molecule has 6 heteroatoms. The van der Waals surface area contributed by atoms with Crippen LogP contribution >= 0.6 is 22.7 Å². The summed E-state index contributed by atoms with van der Waals surface area (Å²) in [5.74, 6) is -0.213. The van der Waals surface area contributed by atoms with Gasteiger partial charge in [0, 0.05) is 17.0 Å².